The van der Waals surface area contributed by atoms with Crippen molar-refractivity contribution < 1.29 is 4.79 Å². The van der Waals surface area contributed by atoms with Crippen LogP contribution in [0.4, 0.5) is 5.69 Å². The van der Waals surface area contributed by atoms with E-state index in [2.05, 4.69) is 47.6 Å². The van der Waals surface area contributed by atoms with Gasteiger partial charge in [-0.25, -0.2) is 4.98 Å². The van der Waals surface area contributed by atoms with E-state index in [1.165, 1.54) is 24.9 Å². The Bertz CT molecular complexity index is 936. The first kappa shape index (κ1) is 16.8. The molecule has 0 bridgehead atoms. The molecule has 0 radical (unpaired) electrons. The molecule has 1 aliphatic rings. The summed E-state index contributed by atoms with van der Waals surface area (Å²) in [6, 6.07) is 14.5. The number of fused-ring (bicyclic) bond motifs is 1. The quantitative estimate of drug-likeness (QED) is 0.627. The molecule has 0 atom stereocenters. The molecule has 0 unspecified atom stereocenters. The highest BCUT2D eigenvalue weighted by Crippen LogP contribution is 2.29. The standard InChI is InChI=1S/C22H25N3O/c1-16(2)22-23-20-13-17(15-26)9-10-21(20)25(22)19-8-6-7-18(14-19)24-11-4-3-5-12-24/h6-10,13-16H,3-5,11-12H2,1-2H3. The Morgan fingerprint density at radius 2 is 1.77 bits per heavy atom. The van der Waals surface area contributed by atoms with Crippen LogP contribution < -0.4 is 4.90 Å². The first-order valence-corrected chi connectivity index (χ1v) is 9.50. The summed E-state index contributed by atoms with van der Waals surface area (Å²) in [4.78, 5) is 18.4. The van der Waals surface area contributed by atoms with Gasteiger partial charge in [0.2, 0.25) is 0 Å². The molecule has 134 valence electrons. The molecule has 0 spiro atoms. The van der Waals surface area contributed by atoms with Gasteiger partial charge in [0.1, 0.15) is 12.1 Å². The zero-order valence-electron chi connectivity index (χ0n) is 15.5. The Labute approximate surface area is 154 Å². The van der Waals surface area contributed by atoms with Crippen molar-refractivity contribution in [1.82, 2.24) is 9.55 Å². The summed E-state index contributed by atoms with van der Waals surface area (Å²) in [5.41, 5.74) is 5.01. The van der Waals surface area contributed by atoms with Gasteiger partial charge in [-0.15, -0.1) is 0 Å². The molecule has 4 nitrogen and oxygen atoms in total. The van der Waals surface area contributed by atoms with Crippen molar-refractivity contribution in [3.8, 4) is 5.69 Å². The second-order valence-electron chi connectivity index (χ2n) is 7.39. The van der Waals surface area contributed by atoms with Crippen molar-refractivity contribution in [1.29, 1.82) is 0 Å². The molecular formula is C22H25N3O. The van der Waals surface area contributed by atoms with Crippen molar-refractivity contribution in [2.45, 2.75) is 39.0 Å². The molecule has 0 saturated carbocycles. The molecule has 4 rings (SSSR count). The van der Waals surface area contributed by atoms with E-state index in [4.69, 9.17) is 4.98 Å². The Morgan fingerprint density at radius 1 is 1.00 bits per heavy atom. The molecule has 0 aliphatic carbocycles. The van der Waals surface area contributed by atoms with Crippen LogP contribution in [0.25, 0.3) is 16.7 Å². The van der Waals surface area contributed by atoms with Crippen LogP contribution in [0.3, 0.4) is 0 Å². The van der Waals surface area contributed by atoms with Gasteiger partial charge in [-0.1, -0.05) is 19.9 Å². The van der Waals surface area contributed by atoms with Crippen molar-refractivity contribution >= 4 is 23.0 Å². The van der Waals surface area contributed by atoms with E-state index in [0.29, 0.717) is 11.5 Å². The van der Waals surface area contributed by atoms with Gasteiger partial charge in [0.05, 0.1) is 11.0 Å². The lowest BCUT2D eigenvalue weighted by Gasteiger charge is -2.29. The fourth-order valence-corrected chi connectivity index (χ4v) is 3.83. The number of nitrogens with zero attached hydrogens (tertiary/aromatic N) is 3. The van der Waals surface area contributed by atoms with Gasteiger partial charge in [0, 0.05) is 35.9 Å². The third-order valence-corrected chi connectivity index (χ3v) is 5.17. The van der Waals surface area contributed by atoms with Gasteiger partial charge in [-0.05, 0) is 55.7 Å². The Morgan fingerprint density at radius 3 is 2.50 bits per heavy atom. The third kappa shape index (κ3) is 3.00. The van der Waals surface area contributed by atoms with Crippen LogP contribution >= 0.6 is 0 Å². The van der Waals surface area contributed by atoms with E-state index in [-0.39, 0.29) is 0 Å². The van der Waals surface area contributed by atoms with Crippen LogP contribution in [0.5, 0.6) is 0 Å². The normalized spacial score (nSPS) is 15.0. The van der Waals surface area contributed by atoms with Gasteiger partial charge in [0.15, 0.2) is 0 Å². The van der Waals surface area contributed by atoms with Crippen LogP contribution in [-0.2, 0) is 0 Å². The van der Waals surface area contributed by atoms with Crippen LogP contribution in [0, 0.1) is 0 Å². The average molecular weight is 347 g/mol. The topological polar surface area (TPSA) is 38.1 Å². The van der Waals surface area contributed by atoms with E-state index in [1.54, 1.807) is 0 Å². The number of piperidine rings is 1. The van der Waals surface area contributed by atoms with Gasteiger partial charge >= 0.3 is 0 Å². The predicted octanol–water partition coefficient (Wildman–Crippen LogP) is 4.95. The van der Waals surface area contributed by atoms with E-state index >= 15 is 0 Å². The Kier molecular flexibility index (Phi) is 4.49. The van der Waals surface area contributed by atoms with Gasteiger partial charge in [-0.2, -0.15) is 0 Å². The van der Waals surface area contributed by atoms with Gasteiger partial charge in [-0.3, -0.25) is 9.36 Å². The highest BCUT2D eigenvalue weighted by Gasteiger charge is 2.17. The number of benzene rings is 2. The maximum atomic E-state index is 11.1. The van der Waals surface area contributed by atoms with Crippen molar-refractivity contribution in [3.63, 3.8) is 0 Å². The maximum Gasteiger partial charge on any atom is 0.150 e. The summed E-state index contributed by atoms with van der Waals surface area (Å²) in [6.07, 6.45) is 4.75. The Balaban J connectivity index is 1.85. The number of carbonyl (C=O) groups excluding carboxylic acids is 1. The highest BCUT2D eigenvalue weighted by atomic mass is 16.1. The van der Waals surface area contributed by atoms with E-state index < -0.39 is 0 Å². The lowest BCUT2D eigenvalue weighted by atomic mass is 10.1. The van der Waals surface area contributed by atoms with Gasteiger partial charge < -0.3 is 4.90 Å². The number of rotatable bonds is 4. The molecule has 2 aromatic carbocycles. The number of hydrogen-bond donors (Lipinski definition) is 0. The van der Waals surface area contributed by atoms with Crippen LogP contribution in [-0.4, -0.2) is 28.9 Å². The minimum absolute atomic E-state index is 0.292. The third-order valence-electron chi connectivity index (χ3n) is 5.17. The summed E-state index contributed by atoms with van der Waals surface area (Å²) in [6.45, 7) is 6.58. The molecule has 1 saturated heterocycles. The highest BCUT2D eigenvalue weighted by molar-refractivity contribution is 5.86. The monoisotopic (exact) mass is 347 g/mol. The molecule has 1 aromatic heterocycles. The summed E-state index contributed by atoms with van der Waals surface area (Å²) in [5.74, 6) is 1.32. The predicted molar refractivity (Wildman–Crippen MR) is 107 cm³/mol. The molecule has 26 heavy (non-hydrogen) atoms. The summed E-state index contributed by atoms with van der Waals surface area (Å²) in [7, 11) is 0. The van der Waals surface area contributed by atoms with Crippen LogP contribution in [0.2, 0.25) is 0 Å². The van der Waals surface area contributed by atoms with Gasteiger partial charge in [0.25, 0.3) is 0 Å². The number of hydrogen-bond acceptors (Lipinski definition) is 3. The molecule has 4 heteroatoms. The SMILES string of the molecule is CC(C)c1nc2cc(C=O)ccc2n1-c1cccc(N2CCCCC2)c1. The second kappa shape index (κ2) is 6.94. The number of aromatic nitrogens is 2. The molecular weight excluding hydrogens is 322 g/mol. The molecule has 0 N–H and O–H groups in total. The van der Waals surface area contributed by atoms with E-state index in [1.807, 2.05) is 18.2 Å². The minimum atomic E-state index is 0.292. The lowest BCUT2D eigenvalue weighted by Crippen LogP contribution is -2.29. The molecule has 0 amide bonds. The zero-order chi connectivity index (χ0) is 18.1. The number of anilines is 1. The smallest absolute Gasteiger partial charge is 0.150 e. The number of aldehydes is 1. The summed E-state index contributed by atoms with van der Waals surface area (Å²) in [5, 5.41) is 0. The second-order valence-corrected chi connectivity index (χ2v) is 7.39. The molecule has 1 aliphatic heterocycles. The largest absolute Gasteiger partial charge is 0.371 e. The first-order chi connectivity index (χ1) is 12.7. The molecule has 3 aromatic rings. The summed E-state index contributed by atoms with van der Waals surface area (Å²) < 4.78 is 2.24. The number of carbonyl (C=O) groups is 1. The van der Waals surface area contributed by atoms with Crippen molar-refractivity contribution in [3.05, 3.63) is 53.9 Å². The summed E-state index contributed by atoms with van der Waals surface area (Å²) >= 11 is 0. The minimum Gasteiger partial charge on any atom is -0.371 e. The van der Waals surface area contributed by atoms with E-state index in [0.717, 1.165) is 41.9 Å². The lowest BCUT2D eigenvalue weighted by molar-refractivity contribution is 0.112. The maximum absolute atomic E-state index is 11.1. The molecule has 1 fully saturated rings. The van der Waals surface area contributed by atoms with Crippen LogP contribution in [0.1, 0.15) is 55.2 Å². The zero-order valence-corrected chi connectivity index (χ0v) is 15.5. The van der Waals surface area contributed by atoms with E-state index in [9.17, 15) is 4.79 Å². The molecule has 2 heterocycles. The number of imidazole rings is 1. The Hall–Kier alpha value is -2.62. The van der Waals surface area contributed by atoms with Crippen molar-refractivity contribution in [2.75, 3.05) is 18.0 Å². The fourth-order valence-electron chi connectivity index (χ4n) is 3.83. The average Bonchev–Trinajstić information content (AvgIpc) is 3.07. The van der Waals surface area contributed by atoms with Crippen molar-refractivity contribution in [2.24, 2.45) is 0 Å². The first-order valence-electron chi connectivity index (χ1n) is 9.50. The van der Waals surface area contributed by atoms with Crippen LogP contribution in [0.15, 0.2) is 42.5 Å². The fraction of sp³-hybridized carbons (Fsp3) is 0.364.